The number of carbonyl (C=O) groups is 4. The van der Waals surface area contributed by atoms with Crippen LogP contribution in [0.15, 0.2) is 36.4 Å². The van der Waals surface area contributed by atoms with Gasteiger partial charge in [0.25, 0.3) is 5.91 Å². The number of imide groups is 1. The fourth-order valence-electron chi connectivity index (χ4n) is 2.64. The Morgan fingerprint density at radius 1 is 1.29 bits per heavy atom. The van der Waals surface area contributed by atoms with Gasteiger partial charge in [0, 0.05) is 6.54 Å². The Hall–Kier alpha value is -3.36. The number of carbonyl (C=O) groups excluding carboxylic acids is 3. The SMILES string of the molecule is C=C(C)COc1ccc(C2(C)NC(=O)N(CC(=O)NCCC(=O)O)C2=O)cc1. The molecule has 0 spiro atoms. The third-order valence-corrected chi connectivity index (χ3v) is 4.15. The molecule has 1 saturated heterocycles. The second kappa shape index (κ2) is 8.55. The average molecular weight is 389 g/mol. The molecule has 28 heavy (non-hydrogen) atoms. The molecule has 3 N–H and O–H groups in total. The third-order valence-electron chi connectivity index (χ3n) is 4.15. The maximum absolute atomic E-state index is 12.8. The number of ether oxygens (including phenoxy) is 1. The molecule has 9 heteroatoms. The normalized spacial score (nSPS) is 18.6. The number of urea groups is 1. The van der Waals surface area contributed by atoms with Gasteiger partial charge in [0.05, 0.1) is 6.42 Å². The third kappa shape index (κ3) is 4.87. The standard InChI is InChI=1S/C19H23N3O6/c1-12(2)11-28-14-6-4-13(5-7-14)19(3)17(26)22(18(27)21-19)10-15(23)20-9-8-16(24)25/h4-7H,1,8-11H2,2-3H3,(H,20,23)(H,21,27)(H,24,25). The number of nitrogens with zero attached hydrogens (tertiary/aromatic N) is 1. The van der Waals surface area contributed by atoms with E-state index < -0.39 is 35.9 Å². The second-order valence-electron chi connectivity index (χ2n) is 6.71. The summed E-state index contributed by atoms with van der Waals surface area (Å²) in [5, 5.41) is 13.5. The summed E-state index contributed by atoms with van der Waals surface area (Å²) in [6, 6.07) is 6.02. The van der Waals surface area contributed by atoms with Crippen molar-refractivity contribution in [2.45, 2.75) is 25.8 Å². The maximum atomic E-state index is 12.8. The smallest absolute Gasteiger partial charge is 0.325 e. The molecule has 1 aliphatic heterocycles. The summed E-state index contributed by atoms with van der Waals surface area (Å²) >= 11 is 0. The fourth-order valence-corrected chi connectivity index (χ4v) is 2.64. The zero-order chi connectivity index (χ0) is 20.9. The number of amides is 4. The second-order valence-corrected chi connectivity index (χ2v) is 6.71. The lowest BCUT2D eigenvalue weighted by Crippen LogP contribution is -2.43. The van der Waals surface area contributed by atoms with Gasteiger partial charge < -0.3 is 20.5 Å². The minimum absolute atomic E-state index is 0.0826. The first-order chi connectivity index (χ1) is 13.1. The highest BCUT2D eigenvalue weighted by Gasteiger charge is 2.49. The monoisotopic (exact) mass is 389 g/mol. The molecular formula is C19H23N3O6. The molecule has 1 heterocycles. The van der Waals surface area contributed by atoms with E-state index in [0.717, 1.165) is 10.5 Å². The number of hydrogen-bond acceptors (Lipinski definition) is 5. The molecule has 4 amide bonds. The first-order valence-electron chi connectivity index (χ1n) is 8.64. The van der Waals surface area contributed by atoms with E-state index in [9.17, 15) is 19.2 Å². The van der Waals surface area contributed by atoms with E-state index in [2.05, 4.69) is 17.2 Å². The Balaban J connectivity index is 2.05. The molecule has 1 aromatic carbocycles. The van der Waals surface area contributed by atoms with Crippen molar-refractivity contribution in [1.29, 1.82) is 0 Å². The van der Waals surface area contributed by atoms with Crippen LogP contribution in [0.4, 0.5) is 4.79 Å². The summed E-state index contributed by atoms with van der Waals surface area (Å²) in [5.41, 5.74) is 0.0968. The number of carboxylic acid groups (broad SMARTS) is 1. The summed E-state index contributed by atoms with van der Waals surface area (Å²) < 4.78 is 5.52. The van der Waals surface area contributed by atoms with Crippen LogP contribution in [0.2, 0.25) is 0 Å². The summed E-state index contributed by atoms with van der Waals surface area (Å²) in [4.78, 5) is 48.2. The number of aliphatic carboxylic acids is 1. The zero-order valence-corrected chi connectivity index (χ0v) is 15.8. The van der Waals surface area contributed by atoms with E-state index in [-0.39, 0.29) is 13.0 Å². The van der Waals surface area contributed by atoms with Gasteiger partial charge in [-0.05, 0) is 37.1 Å². The predicted octanol–water partition coefficient (Wildman–Crippen LogP) is 0.999. The summed E-state index contributed by atoms with van der Waals surface area (Å²) in [6.07, 6.45) is -0.247. The van der Waals surface area contributed by atoms with Gasteiger partial charge in [-0.1, -0.05) is 18.7 Å². The van der Waals surface area contributed by atoms with Crippen LogP contribution in [-0.4, -0.2) is 53.5 Å². The van der Waals surface area contributed by atoms with Crippen LogP contribution in [0.3, 0.4) is 0 Å². The number of benzene rings is 1. The van der Waals surface area contributed by atoms with Crippen LogP contribution in [0.5, 0.6) is 5.75 Å². The number of nitrogens with one attached hydrogen (secondary N) is 2. The highest BCUT2D eigenvalue weighted by Crippen LogP contribution is 2.30. The van der Waals surface area contributed by atoms with Crippen LogP contribution in [0.1, 0.15) is 25.8 Å². The minimum Gasteiger partial charge on any atom is -0.489 e. The van der Waals surface area contributed by atoms with Gasteiger partial charge >= 0.3 is 12.0 Å². The lowest BCUT2D eigenvalue weighted by atomic mass is 9.92. The zero-order valence-electron chi connectivity index (χ0n) is 15.8. The largest absolute Gasteiger partial charge is 0.489 e. The van der Waals surface area contributed by atoms with Gasteiger partial charge in [-0.25, -0.2) is 4.79 Å². The minimum atomic E-state index is -1.31. The fraction of sp³-hybridized carbons (Fsp3) is 0.368. The first-order valence-corrected chi connectivity index (χ1v) is 8.64. The molecule has 1 fully saturated rings. The Morgan fingerprint density at radius 2 is 1.93 bits per heavy atom. The number of carboxylic acids is 1. The Morgan fingerprint density at radius 3 is 2.50 bits per heavy atom. The van der Waals surface area contributed by atoms with Crippen molar-refractivity contribution in [2.75, 3.05) is 19.7 Å². The molecule has 0 aromatic heterocycles. The first kappa shape index (κ1) is 20.9. The van der Waals surface area contributed by atoms with Crippen LogP contribution in [0, 0.1) is 0 Å². The van der Waals surface area contributed by atoms with Crippen molar-refractivity contribution >= 4 is 23.8 Å². The lowest BCUT2D eigenvalue weighted by molar-refractivity contribution is -0.137. The van der Waals surface area contributed by atoms with E-state index in [1.54, 1.807) is 31.2 Å². The quantitative estimate of drug-likeness (QED) is 0.427. The molecule has 150 valence electrons. The molecule has 0 bridgehead atoms. The van der Waals surface area contributed by atoms with Gasteiger partial charge in [0.15, 0.2) is 0 Å². The van der Waals surface area contributed by atoms with Gasteiger partial charge in [0.2, 0.25) is 5.91 Å². The topological polar surface area (TPSA) is 125 Å². The predicted molar refractivity (Wildman–Crippen MR) is 99.6 cm³/mol. The molecule has 1 unspecified atom stereocenters. The number of hydrogen-bond donors (Lipinski definition) is 3. The van der Waals surface area contributed by atoms with E-state index in [4.69, 9.17) is 9.84 Å². The molecule has 1 aliphatic rings. The van der Waals surface area contributed by atoms with Gasteiger partial charge in [0.1, 0.15) is 24.4 Å². The summed E-state index contributed by atoms with van der Waals surface area (Å²) in [7, 11) is 0. The molecule has 1 atom stereocenters. The van der Waals surface area contributed by atoms with Crippen molar-refractivity contribution in [3.8, 4) is 5.75 Å². The Bertz CT molecular complexity index is 804. The van der Waals surface area contributed by atoms with Crippen LogP contribution in [0.25, 0.3) is 0 Å². The molecule has 0 aliphatic carbocycles. The molecule has 9 nitrogen and oxygen atoms in total. The van der Waals surface area contributed by atoms with Crippen molar-refractivity contribution in [1.82, 2.24) is 15.5 Å². The molecular weight excluding hydrogens is 366 g/mol. The lowest BCUT2D eigenvalue weighted by Gasteiger charge is -2.22. The van der Waals surface area contributed by atoms with Crippen molar-refractivity contribution in [3.63, 3.8) is 0 Å². The van der Waals surface area contributed by atoms with Gasteiger partial charge in [-0.2, -0.15) is 0 Å². The molecule has 2 rings (SSSR count). The van der Waals surface area contributed by atoms with Crippen molar-refractivity contribution in [2.24, 2.45) is 0 Å². The molecule has 1 aromatic rings. The van der Waals surface area contributed by atoms with Crippen molar-refractivity contribution < 1.29 is 29.0 Å². The Kier molecular flexibility index (Phi) is 6.40. The van der Waals surface area contributed by atoms with E-state index in [1.165, 1.54) is 0 Å². The number of rotatable bonds is 9. The van der Waals surface area contributed by atoms with Crippen LogP contribution < -0.4 is 15.4 Å². The van der Waals surface area contributed by atoms with Crippen LogP contribution in [-0.2, 0) is 19.9 Å². The summed E-state index contributed by atoms with van der Waals surface area (Å²) in [5.74, 6) is -1.64. The van der Waals surface area contributed by atoms with Crippen molar-refractivity contribution in [3.05, 3.63) is 42.0 Å². The molecule has 0 radical (unpaired) electrons. The average Bonchev–Trinajstić information content (AvgIpc) is 2.84. The van der Waals surface area contributed by atoms with Gasteiger partial charge in [-0.3, -0.25) is 19.3 Å². The van der Waals surface area contributed by atoms with Crippen LogP contribution >= 0.6 is 0 Å². The van der Waals surface area contributed by atoms with Gasteiger partial charge in [-0.15, -0.1) is 0 Å². The Labute approximate surface area is 162 Å². The maximum Gasteiger partial charge on any atom is 0.325 e. The van der Waals surface area contributed by atoms with E-state index in [1.807, 2.05) is 6.92 Å². The van der Waals surface area contributed by atoms with E-state index in [0.29, 0.717) is 17.9 Å². The highest BCUT2D eigenvalue weighted by molar-refractivity contribution is 6.09. The molecule has 0 saturated carbocycles. The summed E-state index contributed by atoms with van der Waals surface area (Å²) in [6.45, 7) is 6.95. The highest BCUT2D eigenvalue weighted by atomic mass is 16.5. The van der Waals surface area contributed by atoms with E-state index >= 15 is 0 Å².